The Morgan fingerprint density at radius 1 is 1.45 bits per heavy atom. The fourth-order valence-corrected chi connectivity index (χ4v) is 2.79. The molecule has 1 amide bonds. The number of amides is 1. The molecule has 0 aromatic heterocycles. The van der Waals surface area contributed by atoms with E-state index in [1.807, 2.05) is 18.0 Å². The van der Waals surface area contributed by atoms with Gasteiger partial charge in [-0.15, -0.1) is 0 Å². The number of anilines is 1. The summed E-state index contributed by atoms with van der Waals surface area (Å²) in [5.41, 5.74) is 1.46. The molecule has 1 heterocycles. The van der Waals surface area contributed by atoms with E-state index in [1.165, 1.54) is 0 Å². The lowest BCUT2D eigenvalue weighted by Gasteiger charge is -2.32. The second-order valence-electron chi connectivity index (χ2n) is 5.13. The smallest absolute Gasteiger partial charge is 0.256 e. The van der Waals surface area contributed by atoms with Gasteiger partial charge in [-0.1, -0.05) is 11.6 Å². The highest BCUT2D eigenvalue weighted by Crippen LogP contribution is 2.24. The molecule has 0 bridgehead atoms. The first-order valence-electron chi connectivity index (χ1n) is 6.91. The van der Waals surface area contributed by atoms with Crippen molar-refractivity contribution in [2.24, 2.45) is 5.92 Å². The Morgan fingerprint density at radius 2 is 2.15 bits per heavy atom. The van der Waals surface area contributed by atoms with Crippen molar-refractivity contribution in [3.63, 3.8) is 0 Å². The molecule has 1 fully saturated rings. The minimum absolute atomic E-state index is 0.0488. The average molecular weight is 297 g/mol. The molecule has 0 saturated carbocycles. The van der Waals surface area contributed by atoms with Crippen LogP contribution in [0.15, 0.2) is 18.2 Å². The number of nitrogens with one attached hydrogen (secondary N) is 1. The second kappa shape index (κ2) is 6.95. The van der Waals surface area contributed by atoms with Crippen molar-refractivity contribution in [2.75, 3.05) is 39.2 Å². The minimum Gasteiger partial charge on any atom is -0.387 e. The van der Waals surface area contributed by atoms with Crippen molar-refractivity contribution < 1.29 is 9.53 Å². The van der Waals surface area contributed by atoms with Gasteiger partial charge in [-0.3, -0.25) is 4.79 Å². The molecule has 1 aromatic carbocycles. The Balaban J connectivity index is 2.07. The van der Waals surface area contributed by atoms with Crippen LogP contribution in [0.3, 0.4) is 0 Å². The number of carbonyl (C=O) groups excluding carboxylic acids is 1. The Kier molecular flexibility index (Phi) is 5.26. The molecule has 1 N–H and O–H groups in total. The maximum absolute atomic E-state index is 12.6. The molecule has 1 aromatic rings. The van der Waals surface area contributed by atoms with Crippen molar-refractivity contribution in [3.8, 4) is 0 Å². The molecule has 0 aliphatic carbocycles. The van der Waals surface area contributed by atoms with Crippen LogP contribution >= 0.6 is 11.6 Å². The monoisotopic (exact) mass is 296 g/mol. The summed E-state index contributed by atoms with van der Waals surface area (Å²) in [5, 5.41) is 3.63. The molecular weight excluding hydrogens is 276 g/mol. The average Bonchev–Trinajstić information content (AvgIpc) is 2.47. The molecule has 0 spiro atoms. The molecule has 0 unspecified atom stereocenters. The lowest BCUT2D eigenvalue weighted by Crippen LogP contribution is -2.39. The minimum atomic E-state index is 0.0488. The van der Waals surface area contributed by atoms with Gasteiger partial charge in [0.1, 0.15) is 0 Å². The predicted molar refractivity (Wildman–Crippen MR) is 81.5 cm³/mol. The van der Waals surface area contributed by atoms with Crippen molar-refractivity contribution in [3.05, 3.63) is 28.8 Å². The Hall–Kier alpha value is -1.26. The van der Waals surface area contributed by atoms with Crippen molar-refractivity contribution >= 4 is 23.2 Å². The van der Waals surface area contributed by atoms with Gasteiger partial charge in [0.15, 0.2) is 0 Å². The van der Waals surface area contributed by atoms with Crippen LogP contribution in [0, 0.1) is 5.92 Å². The first-order chi connectivity index (χ1) is 9.65. The van der Waals surface area contributed by atoms with E-state index in [9.17, 15) is 4.79 Å². The van der Waals surface area contributed by atoms with Gasteiger partial charge in [-0.25, -0.2) is 0 Å². The summed E-state index contributed by atoms with van der Waals surface area (Å²) in [6.45, 7) is 2.34. The number of hydrogen-bond donors (Lipinski definition) is 1. The highest BCUT2D eigenvalue weighted by atomic mass is 35.5. The van der Waals surface area contributed by atoms with Crippen molar-refractivity contribution in [2.45, 2.75) is 12.8 Å². The van der Waals surface area contributed by atoms with Crippen LogP contribution in [0.4, 0.5) is 5.69 Å². The first kappa shape index (κ1) is 15.1. The topological polar surface area (TPSA) is 41.6 Å². The fraction of sp³-hybridized carbons (Fsp3) is 0.533. The van der Waals surface area contributed by atoms with Crippen LogP contribution < -0.4 is 5.32 Å². The third kappa shape index (κ3) is 3.44. The molecule has 0 atom stereocenters. The molecule has 1 saturated heterocycles. The normalized spacial score (nSPS) is 16.2. The van der Waals surface area contributed by atoms with Crippen molar-refractivity contribution in [1.29, 1.82) is 0 Å². The third-order valence-corrected chi connectivity index (χ3v) is 4.02. The van der Waals surface area contributed by atoms with E-state index in [-0.39, 0.29) is 5.91 Å². The second-order valence-corrected chi connectivity index (χ2v) is 5.57. The van der Waals surface area contributed by atoms with Gasteiger partial charge >= 0.3 is 0 Å². The summed E-state index contributed by atoms with van der Waals surface area (Å²) in [6.07, 6.45) is 1.99. The molecule has 110 valence electrons. The van der Waals surface area contributed by atoms with E-state index in [1.54, 1.807) is 19.2 Å². The molecule has 1 aliphatic rings. The number of benzene rings is 1. The Labute approximate surface area is 125 Å². The highest BCUT2D eigenvalue weighted by molar-refractivity contribution is 6.31. The van der Waals surface area contributed by atoms with E-state index in [4.69, 9.17) is 16.3 Å². The van der Waals surface area contributed by atoms with E-state index in [0.717, 1.165) is 38.2 Å². The number of methoxy groups -OCH3 is 1. The maximum atomic E-state index is 12.6. The van der Waals surface area contributed by atoms with Gasteiger partial charge in [0, 0.05) is 44.6 Å². The first-order valence-corrected chi connectivity index (χ1v) is 7.29. The number of hydrogen-bond acceptors (Lipinski definition) is 3. The van der Waals surface area contributed by atoms with E-state index < -0.39 is 0 Å². The Morgan fingerprint density at radius 3 is 2.75 bits per heavy atom. The molecular formula is C15H21ClN2O2. The van der Waals surface area contributed by atoms with E-state index in [2.05, 4.69) is 5.32 Å². The number of carbonyl (C=O) groups is 1. The molecule has 1 aliphatic heterocycles. The third-order valence-electron chi connectivity index (χ3n) is 3.79. The lowest BCUT2D eigenvalue weighted by atomic mass is 9.97. The summed E-state index contributed by atoms with van der Waals surface area (Å²) >= 11 is 6.01. The lowest BCUT2D eigenvalue weighted by molar-refractivity contribution is 0.0614. The summed E-state index contributed by atoms with van der Waals surface area (Å²) in [6, 6.07) is 5.36. The van der Waals surface area contributed by atoms with Gasteiger partial charge < -0.3 is 15.0 Å². The summed E-state index contributed by atoms with van der Waals surface area (Å²) < 4.78 is 5.18. The zero-order valence-corrected chi connectivity index (χ0v) is 12.7. The summed E-state index contributed by atoms with van der Waals surface area (Å²) in [4.78, 5) is 14.5. The van der Waals surface area contributed by atoms with Crippen LogP contribution in [0.5, 0.6) is 0 Å². The van der Waals surface area contributed by atoms with Crippen LogP contribution in [-0.2, 0) is 4.74 Å². The fourth-order valence-electron chi connectivity index (χ4n) is 2.62. The zero-order chi connectivity index (χ0) is 14.5. The number of halogens is 1. The maximum Gasteiger partial charge on any atom is 0.256 e. The number of likely N-dealkylation sites (tertiary alicyclic amines) is 1. The van der Waals surface area contributed by atoms with Crippen molar-refractivity contribution in [1.82, 2.24) is 4.90 Å². The quantitative estimate of drug-likeness (QED) is 0.929. The summed E-state index contributed by atoms with van der Waals surface area (Å²) in [5.74, 6) is 0.611. The largest absolute Gasteiger partial charge is 0.387 e. The molecule has 2 rings (SSSR count). The number of rotatable bonds is 4. The van der Waals surface area contributed by atoms with Gasteiger partial charge in [-0.2, -0.15) is 0 Å². The highest BCUT2D eigenvalue weighted by Gasteiger charge is 2.25. The molecule has 20 heavy (non-hydrogen) atoms. The number of piperidine rings is 1. The molecule has 5 heteroatoms. The molecule has 4 nitrogen and oxygen atoms in total. The number of nitrogens with zero attached hydrogens (tertiary/aromatic N) is 1. The van der Waals surface area contributed by atoms with Gasteiger partial charge in [0.2, 0.25) is 0 Å². The standard InChI is InChI=1S/C15H21ClN2O2/c1-17-14-4-3-12(16)9-13(14)15(19)18-7-5-11(6-8-18)10-20-2/h3-4,9,11,17H,5-8,10H2,1-2H3. The van der Waals surface area contributed by atoms with Crippen LogP contribution in [0.1, 0.15) is 23.2 Å². The van der Waals surface area contributed by atoms with Crippen LogP contribution in [-0.4, -0.2) is 44.7 Å². The zero-order valence-electron chi connectivity index (χ0n) is 12.0. The predicted octanol–water partition coefficient (Wildman–Crippen LogP) is 2.88. The Bertz CT molecular complexity index is 471. The molecule has 0 radical (unpaired) electrons. The summed E-state index contributed by atoms with van der Waals surface area (Å²) in [7, 11) is 3.54. The van der Waals surface area contributed by atoms with Crippen LogP contribution in [0.25, 0.3) is 0 Å². The van der Waals surface area contributed by atoms with Gasteiger partial charge in [0.25, 0.3) is 5.91 Å². The van der Waals surface area contributed by atoms with Gasteiger partial charge in [0.05, 0.1) is 5.56 Å². The number of ether oxygens (including phenoxy) is 1. The van der Waals surface area contributed by atoms with Crippen LogP contribution in [0.2, 0.25) is 5.02 Å². The van der Waals surface area contributed by atoms with E-state index >= 15 is 0 Å². The SMILES string of the molecule is CNc1ccc(Cl)cc1C(=O)N1CCC(COC)CC1. The van der Waals surface area contributed by atoms with E-state index in [0.29, 0.717) is 16.5 Å². The van der Waals surface area contributed by atoms with Gasteiger partial charge in [-0.05, 0) is 37.0 Å².